The summed E-state index contributed by atoms with van der Waals surface area (Å²) in [5, 5.41) is 4.75. The van der Waals surface area contributed by atoms with E-state index >= 15 is 0 Å². The highest BCUT2D eigenvalue weighted by Crippen LogP contribution is 2.70. The Hall–Kier alpha value is -2.65. The minimum atomic E-state index is -0.915. The van der Waals surface area contributed by atoms with Gasteiger partial charge in [-0.2, -0.15) is 5.10 Å². The number of ketones is 2. The molecule has 4 aliphatic carbocycles. The van der Waals surface area contributed by atoms with Crippen molar-refractivity contribution in [2.45, 2.75) is 70.7 Å². The monoisotopic (exact) mass is 544 g/mol. The SMILES string of the molecule is CC(=O)c1cccc(-n2ncc3c2C=C2CC[C@@H]4[C@H](C(=O)C[C@@]5(C)[C@H]4CC[C@@]54OCOC45COCO5)[C@@]2(C)C3)c1. The molecule has 2 aromatic rings. The van der Waals surface area contributed by atoms with Crippen LogP contribution in [0.25, 0.3) is 11.8 Å². The lowest BCUT2D eigenvalue weighted by molar-refractivity contribution is -0.246. The van der Waals surface area contributed by atoms with Crippen molar-refractivity contribution in [3.8, 4) is 5.69 Å². The molecule has 1 aromatic carbocycles. The first-order chi connectivity index (χ1) is 19.2. The molecule has 8 heteroatoms. The largest absolute Gasteiger partial charge is 0.350 e. The molecule has 3 saturated carbocycles. The highest BCUT2D eigenvalue weighted by molar-refractivity contribution is 5.94. The van der Waals surface area contributed by atoms with Gasteiger partial charge in [0, 0.05) is 28.7 Å². The fraction of sp³-hybridized carbons (Fsp3) is 0.594. The molecule has 6 aliphatic rings. The van der Waals surface area contributed by atoms with E-state index in [9.17, 15) is 9.59 Å². The Bertz CT molecular complexity index is 1470. The zero-order valence-electron chi connectivity index (χ0n) is 23.4. The first-order valence-corrected chi connectivity index (χ1v) is 14.6. The molecule has 40 heavy (non-hydrogen) atoms. The average Bonchev–Trinajstić information content (AvgIpc) is 3.71. The Morgan fingerprint density at radius 1 is 1.10 bits per heavy atom. The summed E-state index contributed by atoms with van der Waals surface area (Å²) in [6.45, 7) is 6.88. The van der Waals surface area contributed by atoms with Gasteiger partial charge in [-0.25, -0.2) is 4.68 Å². The first-order valence-electron chi connectivity index (χ1n) is 14.6. The number of hydrogen-bond acceptors (Lipinski definition) is 7. The Kier molecular flexibility index (Phi) is 5.15. The molecule has 0 radical (unpaired) electrons. The molecule has 0 N–H and O–H groups in total. The van der Waals surface area contributed by atoms with Crippen LogP contribution in [0.4, 0.5) is 0 Å². The van der Waals surface area contributed by atoms with Crippen LogP contribution in [0.3, 0.4) is 0 Å². The lowest BCUT2D eigenvalue weighted by atomic mass is 9.45. The van der Waals surface area contributed by atoms with Crippen molar-refractivity contribution in [2.75, 3.05) is 20.2 Å². The van der Waals surface area contributed by atoms with Crippen LogP contribution >= 0.6 is 0 Å². The third-order valence-corrected chi connectivity index (χ3v) is 11.7. The number of benzene rings is 1. The summed E-state index contributed by atoms with van der Waals surface area (Å²) >= 11 is 0. The summed E-state index contributed by atoms with van der Waals surface area (Å²) in [6.07, 6.45) is 9.28. The van der Waals surface area contributed by atoms with Gasteiger partial charge in [0.05, 0.1) is 17.6 Å². The summed E-state index contributed by atoms with van der Waals surface area (Å²) in [6, 6.07) is 7.64. The van der Waals surface area contributed by atoms with E-state index < -0.39 is 11.4 Å². The predicted molar refractivity (Wildman–Crippen MR) is 144 cm³/mol. The van der Waals surface area contributed by atoms with Gasteiger partial charge in [0.2, 0.25) is 5.79 Å². The van der Waals surface area contributed by atoms with Gasteiger partial charge in [-0.15, -0.1) is 0 Å². The molecule has 0 amide bonds. The molecule has 1 unspecified atom stereocenters. The molecule has 0 bridgehead atoms. The second-order valence-electron chi connectivity index (χ2n) is 13.3. The fourth-order valence-electron chi connectivity index (χ4n) is 9.92. The lowest BCUT2D eigenvalue weighted by Gasteiger charge is -2.59. The fourth-order valence-corrected chi connectivity index (χ4v) is 9.92. The second kappa shape index (κ2) is 8.22. The molecule has 2 saturated heterocycles. The first kappa shape index (κ1) is 25.1. The van der Waals surface area contributed by atoms with Crippen molar-refractivity contribution in [3.05, 3.63) is 52.9 Å². The molecule has 8 rings (SSSR count). The van der Waals surface area contributed by atoms with Crippen molar-refractivity contribution < 1.29 is 28.5 Å². The predicted octanol–water partition coefficient (Wildman–Crippen LogP) is 4.88. The quantitative estimate of drug-likeness (QED) is 0.498. The van der Waals surface area contributed by atoms with Crippen LogP contribution in [0.1, 0.15) is 74.5 Å². The van der Waals surface area contributed by atoms with Crippen LogP contribution in [0, 0.1) is 28.6 Å². The Labute approximate surface area is 234 Å². The zero-order valence-corrected chi connectivity index (χ0v) is 23.4. The third kappa shape index (κ3) is 2.98. The molecule has 1 aromatic heterocycles. The summed E-state index contributed by atoms with van der Waals surface area (Å²) < 4.78 is 26.3. The lowest BCUT2D eigenvalue weighted by Crippen LogP contribution is -2.65. The van der Waals surface area contributed by atoms with E-state index in [0.717, 1.165) is 49.0 Å². The van der Waals surface area contributed by atoms with Crippen LogP contribution in [0.2, 0.25) is 0 Å². The van der Waals surface area contributed by atoms with E-state index in [1.807, 2.05) is 35.1 Å². The van der Waals surface area contributed by atoms with Crippen LogP contribution in [0.5, 0.6) is 0 Å². The van der Waals surface area contributed by atoms with E-state index in [1.54, 1.807) is 6.92 Å². The van der Waals surface area contributed by atoms with E-state index in [4.69, 9.17) is 24.0 Å². The number of fused-ring (bicyclic) bond motifs is 8. The molecule has 210 valence electrons. The van der Waals surface area contributed by atoms with E-state index in [1.165, 1.54) is 5.57 Å². The normalized spacial score (nSPS) is 41.5. The average molecular weight is 545 g/mol. The van der Waals surface area contributed by atoms with Crippen LogP contribution in [-0.2, 0) is 30.2 Å². The molecular formula is C32H36N2O6. The number of nitrogens with zero attached hydrogens (tertiary/aromatic N) is 2. The van der Waals surface area contributed by atoms with Gasteiger partial charge >= 0.3 is 0 Å². The summed E-state index contributed by atoms with van der Waals surface area (Å²) in [5.74, 6) is 0.0810. The number of carbonyl (C=O) groups excluding carboxylic acids is 2. The Morgan fingerprint density at radius 3 is 2.75 bits per heavy atom. The van der Waals surface area contributed by atoms with Crippen molar-refractivity contribution in [2.24, 2.45) is 28.6 Å². The highest BCUT2D eigenvalue weighted by atomic mass is 16.9. The number of ether oxygens (including phenoxy) is 4. The van der Waals surface area contributed by atoms with Gasteiger partial charge in [0.15, 0.2) is 19.4 Å². The maximum Gasteiger partial charge on any atom is 0.226 e. The van der Waals surface area contributed by atoms with E-state index in [0.29, 0.717) is 36.2 Å². The molecule has 2 spiro atoms. The van der Waals surface area contributed by atoms with Crippen molar-refractivity contribution >= 4 is 17.6 Å². The topological polar surface area (TPSA) is 88.9 Å². The summed E-state index contributed by atoms with van der Waals surface area (Å²) in [7, 11) is 0. The molecule has 3 heterocycles. The second-order valence-corrected chi connectivity index (χ2v) is 13.3. The van der Waals surface area contributed by atoms with Gasteiger partial charge in [0.25, 0.3) is 0 Å². The smallest absolute Gasteiger partial charge is 0.226 e. The van der Waals surface area contributed by atoms with Gasteiger partial charge < -0.3 is 18.9 Å². The molecule has 8 nitrogen and oxygen atoms in total. The Balaban J connectivity index is 1.15. The summed E-state index contributed by atoms with van der Waals surface area (Å²) in [5.41, 5.74) is 3.87. The minimum Gasteiger partial charge on any atom is -0.350 e. The standard InChI is InChI=1S/C32H36N2O6/c1-19(35)20-5-4-6-23(11-20)34-26-12-22-7-8-24-25-9-10-31(32(40-18-38-31)16-37-17-39-32)30(25,3)14-27(36)28(24)29(22,2)13-21(26)15-33-34/h4-6,11-12,15,24-25,28H,7-10,13-14,16-18H2,1-3H3/t24-,25-,28+,29-,30-,31+,32?/m0/s1. The van der Waals surface area contributed by atoms with Crippen LogP contribution < -0.4 is 0 Å². The van der Waals surface area contributed by atoms with E-state index in [-0.39, 0.29) is 36.1 Å². The van der Waals surface area contributed by atoms with Crippen molar-refractivity contribution in [1.29, 1.82) is 0 Å². The number of allylic oxidation sites excluding steroid dienone is 1. The van der Waals surface area contributed by atoms with Crippen molar-refractivity contribution in [1.82, 2.24) is 9.78 Å². The van der Waals surface area contributed by atoms with Crippen LogP contribution in [0.15, 0.2) is 36.0 Å². The maximum atomic E-state index is 14.4. The van der Waals surface area contributed by atoms with Gasteiger partial charge in [-0.05, 0) is 74.6 Å². The number of carbonyl (C=O) groups is 2. The maximum absolute atomic E-state index is 14.4. The summed E-state index contributed by atoms with van der Waals surface area (Å²) in [4.78, 5) is 26.4. The minimum absolute atomic E-state index is 0.0303. The molecule has 2 aliphatic heterocycles. The van der Waals surface area contributed by atoms with Gasteiger partial charge in [-0.3, -0.25) is 9.59 Å². The van der Waals surface area contributed by atoms with E-state index in [2.05, 4.69) is 19.9 Å². The van der Waals surface area contributed by atoms with Crippen LogP contribution in [-0.4, -0.2) is 52.9 Å². The Morgan fingerprint density at radius 2 is 1.95 bits per heavy atom. The van der Waals surface area contributed by atoms with Crippen molar-refractivity contribution in [3.63, 3.8) is 0 Å². The van der Waals surface area contributed by atoms with Gasteiger partial charge in [0.1, 0.15) is 18.0 Å². The highest BCUT2D eigenvalue weighted by Gasteiger charge is 2.76. The number of aromatic nitrogens is 2. The molecule has 5 fully saturated rings. The van der Waals surface area contributed by atoms with Gasteiger partial charge in [-0.1, -0.05) is 31.6 Å². The number of hydrogen-bond donors (Lipinski definition) is 0. The number of rotatable bonds is 2. The zero-order chi connectivity index (χ0) is 27.5. The third-order valence-electron chi connectivity index (χ3n) is 11.7. The number of Topliss-reactive ketones (excluding diaryl/α,β-unsaturated/α-hetero) is 2. The molecule has 7 atom stereocenters. The molecular weight excluding hydrogens is 508 g/mol.